The van der Waals surface area contributed by atoms with Crippen LogP contribution in [0.3, 0.4) is 0 Å². The Balaban J connectivity index is 2.21. The van der Waals surface area contributed by atoms with Crippen molar-refractivity contribution in [2.75, 3.05) is 12.4 Å². The molecular weight excluding hydrogens is 278 g/mol. The van der Waals surface area contributed by atoms with Gasteiger partial charge >= 0.3 is 0 Å². The molecule has 5 nitrogen and oxygen atoms in total. The number of nitrogens with one attached hydrogen (secondary N) is 1. The second-order valence-corrected chi connectivity index (χ2v) is 4.68. The lowest BCUT2D eigenvalue weighted by Gasteiger charge is -2.08. The number of halogens is 1. The molecule has 0 bridgehead atoms. The van der Waals surface area contributed by atoms with E-state index in [0.29, 0.717) is 16.5 Å². The first-order chi connectivity index (χ1) is 9.49. The van der Waals surface area contributed by atoms with Gasteiger partial charge in [0, 0.05) is 17.1 Å². The van der Waals surface area contributed by atoms with E-state index in [9.17, 15) is 4.79 Å². The van der Waals surface area contributed by atoms with Crippen molar-refractivity contribution in [3.8, 4) is 5.75 Å². The summed E-state index contributed by atoms with van der Waals surface area (Å²) in [7, 11) is 1.53. The van der Waals surface area contributed by atoms with Gasteiger partial charge in [-0.3, -0.25) is 4.79 Å². The Morgan fingerprint density at radius 1 is 1.20 bits per heavy atom. The highest BCUT2D eigenvalue weighted by molar-refractivity contribution is 6.32. The number of ether oxygens (including phenoxy) is 1. The Morgan fingerprint density at radius 3 is 2.40 bits per heavy atom. The summed E-state index contributed by atoms with van der Waals surface area (Å²) in [5.41, 5.74) is 2.05. The van der Waals surface area contributed by atoms with Crippen molar-refractivity contribution < 1.29 is 9.53 Å². The van der Waals surface area contributed by atoms with Crippen LogP contribution in [0.25, 0.3) is 0 Å². The number of carbonyl (C=O) groups excluding carboxylic acids is 1. The molecule has 1 aromatic heterocycles. The van der Waals surface area contributed by atoms with Gasteiger partial charge < -0.3 is 10.1 Å². The number of nitrogens with zero attached hydrogens (tertiary/aromatic N) is 2. The fraction of sp³-hybridized carbons (Fsp3) is 0.214. The average molecular weight is 292 g/mol. The van der Waals surface area contributed by atoms with Gasteiger partial charge in [-0.05, 0) is 38.1 Å². The van der Waals surface area contributed by atoms with Gasteiger partial charge in [0.2, 0.25) is 5.82 Å². The van der Waals surface area contributed by atoms with Crippen LogP contribution in [0, 0.1) is 13.8 Å². The zero-order chi connectivity index (χ0) is 14.7. The number of carbonyl (C=O) groups is 1. The van der Waals surface area contributed by atoms with Crippen LogP contribution in [-0.2, 0) is 0 Å². The Kier molecular flexibility index (Phi) is 4.20. The molecule has 1 N–H and O–H groups in total. The molecule has 1 amide bonds. The molecule has 1 aromatic carbocycles. The molecule has 0 aliphatic heterocycles. The average Bonchev–Trinajstić information content (AvgIpc) is 2.37. The van der Waals surface area contributed by atoms with Gasteiger partial charge in [0.1, 0.15) is 5.75 Å². The Morgan fingerprint density at radius 2 is 1.85 bits per heavy atom. The number of aromatic nitrogens is 2. The molecule has 104 valence electrons. The maximum absolute atomic E-state index is 12.1. The molecule has 0 saturated carbocycles. The molecular formula is C14H14ClN3O2. The second-order valence-electron chi connectivity index (χ2n) is 4.28. The fourth-order valence-electron chi connectivity index (χ4n) is 1.76. The number of rotatable bonds is 3. The van der Waals surface area contributed by atoms with Crippen molar-refractivity contribution in [1.82, 2.24) is 9.97 Å². The predicted octanol–water partition coefficient (Wildman–Crippen LogP) is 3.01. The van der Waals surface area contributed by atoms with Crippen molar-refractivity contribution in [3.05, 3.63) is 46.5 Å². The lowest BCUT2D eigenvalue weighted by molar-refractivity contribution is 0.101. The summed E-state index contributed by atoms with van der Waals surface area (Å²) in [6.07, 6.45) is 0. The van der Waals surface area contributed by atoms with Crippen LogP contribution in [-0.4, -0.2) is 23.0 Å². The van der Waals surface area contributed by atoms with E-state index in [2.05, 4.69) is 15.3 Å². The Bertz CT molecular complexity index is 639. The van der Waals surface area contributed by atoms with Gasteiger partial charge in [0.15, 0.2) is 0 Å². The summed E-state index contributed by atoms with van der Waals surface area (Å²) in [5.74, 6) is 0.305. The number of benzene rings is 1. The molecule has 0 unspecified atom stereocenters. The van der Waals surface area contributed by atoms with Crippen molar-refractivity contribution >= 4 is 23.2 Å². The van der Waals surface area contributed by atoms with E-state index in [1.165, 1.54) is 7.11 Å². The molecule has 0 saturated heterocycles. The highest BCUT2D eigenvalue weighted by Crippen LogP contribution is 2.27. The van der Waals surface area contributed by atoms with E-state index in [0.717, 1.165) is 11.4 Å². The third-order valence-corrected chi connectivity index (χ3v) is 2.89. The molecule has 0 atom stereocenters. The number of hydrogen-bond acceptors (Lipinski definition) is 4. The standard InChI is InChI=1S/C14H14ClN3O2/c1-8-6-9(2)17-13(16-8)14(19)18-10-4-5-12(20-3)11(15)7-10/h4-7H,1-3H3,(H,18,19). The maximum atomic E-state index is 12.1. The lowest BCUT2D eigenvalue weighted by atomic mass is 10.3. The van der Waals surface area contributed by atoms with Crippen molar-refractivity contribution in [1.29, 1.82) is 0 Å². The number of anilines is 1. The third kappa shape index (κ3) is 3.24. The van der Waals surface area contributed by atoms with Crippen molar-refractivity contribution in [2.24, 2.45) is 0 Å². The van der Waals surface area contributed by atoms with Crippen molar-refractivity contribution in [2.45, 2.75) is 13.8 Å². The van der Waals surface area contributed by atoms with Gasteiger partial charge in [-0.15, -0.1) is 0 Å². The van der Waals surface area contributed by atoms with E-state index < -0.39 is 0 Å². The van der Waals surface area contributed by atoms with Crippen LogP contribution in [0.5, 0.6) is 5.75 Å². The van der Waals surface area contributed by atoms with E-state index in [1.807, 2.05) is 13.8 Å². The molecule has 0 radical (unpaired) electrons. The van der Waals surface area contributed by atoms with Gasteiger partial charge in [0.05, 0.1) is 12.1 Å². The predicted molar refractivity (Wildman–Crippen MR) is 77.5 cm³/mol. The maximum Gasteiger partial charge on any atom is 0.293 e. The number of aryl methyl sites for hydroxylation is 2. The minimum Gasteiger partial charge on any atom is -0.495 e. The fourth-order valence-corrected chi connectivity index (χ4v) is 2.02. The van der Waals surface area contributed by atoms with Crippen LogP contribution in [0.15, 0.2) is 24.3 Å². The first-order valence-electron chi connectivity index (χ1n) is 5.97. The molecule has 20 heavy (non-hydrogen) atoms. The molecule has 2 aromatic rings. The van der Waals surface area contributed by atoms with Gasteiger partial charge in [-0.25, -0.2) is 9.97 Å². The van der Waals surface area contributed by atoms with Crippen LogP contribution < -0.4 is 10.1 Å². The second kappa shape index (κ2) is 5.88. The summed E-state index contributed by atoms with van der Waals surface area (Å²) in [5, 5.41) is 3.12. The van der Waals surface area contributed by atoms with E-state index in [1.54, 1.807) is 24.3 Å². The zero-order valence-electron chi connectivity index (χ0n) is 11.4. The minimum atomic E-state index is -0.377. The van der Waals surface area contributed by atoms with Gasteiger partial charge in [-0.1, -0.05) is 11.6 Å². The van der Waals surface area contributed by atoms with Crippen molar-refractivity contribution in [3.63, 3.8) is 0 Å². The highest BCUT2D eigenvalue weighted by atomic mass is 35.5. The number of hydrogen-bond donors (Lipinski definition) is 1. The topological polar surface area (TPSA) is 64.1 Å². The number of amides is 1. The van der Waals surface area contributed by atoms with Crippen LogP contribution in [0.4, 0.5) is 5.69 Å². The summed E-state index contributed by atoms with van der Waals surface area (Å²) in [6, 6.07) is 6.80. The first-order valence-corrected chi connectivity index (χ1v) is 6.34. The Labute approximate surface area is 122 Å². The lowest BCUT2D eigenvalue weighted by Crippen LogP contribution is -2.16. The Hall–Kier alpha value is -2.14. The van der Waals surface area contributed by atoms with Crippen LogP contribution in [0.2, 0.25) is 5.02 Å². The quantitative estimate of drug-likeness (QED) is 0.944. The third-order valence-electron chi connectivity index (χ3n) is 2.60. The summed E-state index contributed by atoms with van der Waals surface area (Å²) in [6.45, 7) is 3.63. The molecule has 0 aliphatic rings. The smallest absolute Gasteiger partial charge is 0.293 e. The molecule has 6 heteroatoms. The largest absolute Gasteiger partial charge is 0.495 e. The number of methoxy groups -OCH3 is 1. The van der Waals surface area contributed by atoms with E-state index in [-0.39, 0.29) is 11.7 Å². The van der Waals surface area contributed by atoms with Crippen LogP contribution >= 0.6 is 11.6 Å². The SMILES string of the molecule is COc1ccc(NC(=O)c2nc(C)cc(C)n2)cc1Cl. The zero-order valence-corrected chi connectivity index (χ0v) is 12.2. The van der Waals surface area contributed by atoms with E-state index in [4.69, 9.17) is 16.3 Å². The summed E-state index contributed by atoms with van der Waals surface area (Å²) >= 11 is 6.00. The normalized spacial score (nSPS) is 10.2. The molecule has 0 fully saturated rings. The molecule has 0 spiro atoms. The summed E-state index contributed by atoms with van der Waals surface area (Å²) in [4.78, 5) is 20.3. The van der Waals surface area contributed by atoms with E-state index >= 15 is 0 Å². The molecule has 0 aliphatic carbocycles. The minimum absolute atomic E-state index is 0.134. The molecule has 2 rings (SSSR count). The van der Waals surface area contributed by atoms with Crippen LogP contribution in [0.1, 0.15) is 22.0 Å². The van der Waals surface area contributed by atoms with Gasteiger partial charge in [0.25, 0.3) is 5.91 Å². The summed E-state index contributed by atoms with van der Waals surface area (Å²) < 4.78 is 5.05. The molecule has 1 heterocycles. The highest BCUT2D eigenvalue weighted by Gasteiger charge is 2.11. The first kappa shape index (κ1) is 14.3. The monoisotopic (exact) mass is 291 g/mol. The van der Waals surface area contributed by atoms with Gasteiger partial charge in [-0.2, -0.15) is 0 Å².